The summed E-state index contributed by atoms with van der Waals surface area (Å²) in [5.41, 5.74) is -1.32. The maximum absolute atomic E-state index is 15.0. The summed E-state index contributed by atoms with van der Waals surface area (Å²) in [7, 11) is -0.123. The van der Waals surface area contributed by atoms with Crippen LogP contribution in [-0.4, -0.2) is 67.7 Å². The van der Waals surface area contributed by atoms with Crippen molar-refractivity contribution in [3.63, 3.8) is 0 Å². The number of nitrogens with one attached hydrogen (secondary N) is 1. The topological polar surface area (TPSA) is 114 Å². The van der Waals surface area contributed by atoms with Gasteiger partial charge in [0.05, 0.1) is 19.2 Å². The first-order valence-corrected chi connectivity index (χ1v) is 17.3. The number of methoxy groups -OCH3 is 1. The van der Waals surface area contributed by atoms with Gasteiger partial charge >= 0.3 is 6.03 Å². The van der Waals surface area contributed by atoms with Gasteiger partial charge in [-0.2, -0.15) is 0 Å². The van der Waals surface area contributed by atoms with Gasteiger partial charge < -0.3 is 24.1 Å². The number of halogens is 3. The average Bonchev–Trinajstić information content (AvgIpc) is 3.50. The molecule has 2 aliphatic rings. The van der Waals surface area contributed by atoms with Crippen molar-refractivity contribution in [3.8, 4) is 5.75 Å². The first-order valence-electron chi connectivity index (χ1n) is 12.5. The Balaban J connectivity index is 1.51. The molecule has 4 heterocycles. The number of ether oxygens (including phenoxy) is 2. The van der Waals surface area contributed by atoms with E-state index in [1.165, 1.54) is 24.1 Å². The highest BCUT2D eigenvalue weighted by Gasteiger charge is 2.57. The molecule has 0 radical (unpaired) electrons. The van der Waals surface area contributed by atoms with Gasteiger partial charge in [-0.3, -0.25) is 9.59 Å². The Bertz CT molecular complexity index is 1500. The van der Waals surface area contributed by atoms with E-state index >= 15 is 4.39 Å². The smallest absolute Gasteiger partial charge is 0.327 e. The van der Waals surface area contributed by atoms with Gasteiger partial charge in [0.2, 0.25) is 0 Å². The highest BCUT2D eigenvalue weighted by Crippen LogP contribution is 2.38. The highest BCUT2D eigenvalue weighted by molar-refractivity contribution is 14.1. The minimum absolute atomic E-state index is 0.0162. The van der Waals surface area contributed by atoms with E-state index in [0.717, 1.165) is 17.0 Å². The van der Waals surface area contributed by atoms with Gasteiger partial charge in [-0.1, -0.05) is 25.7 Å². The number of imide groups is 1. The SMILES string of the molecule is COc1ccc2c(c1F)C(=O)N(C[C@@]1(c3cc4nc(I)c(F)cc4o3)NC(=O)N(COCC[Si](C)(C)C)C1=O)C2. The monoisotopic (exact) mass is 684 g/mol. The van der Waals surface area contributed by atoms with Gasteiger partial charge in [-0.05, 0) is 40.3 Å². The molecule has 0 bridgehead atoms. The van der Waals surface area contributed by atoms with Crippen molar-refractivity contribution in [3.05, 3.63) is 56.5 Å². The molecular formula is C26H27F2IN4O6Si. The second kappa shape index (κ2) is 10.4. The summed E-state index contributed by atoms with van der Waals surface area (Å²) in [5, 5.41) is 2.68. The summed E-state index contributed by atoms with van der Waals surface area (Å²) >= 11 is 1.74. The minimum atomic E-state index is -1.89. The zero-order chi connectivity index (χ0) is 29.0. The largest absolute Gasteiger partial charge is 0.494 e. The van der Waals surface area contributed by atoms with Gasteiger partial charge in [0, 0.05) is 33.4 Å². The number of carbonyl (C=O) groups is 3. The third-order valence-electron chi connectivity index (χ3n) is 6.93. The predicted molar refractivity (Wildman–Crippen MR) is 150 cm³/mol. The van der Waals surface area contributed by atoms with Crippen LogP contribution in [-0.2, 0) is 21.6 Å². The Morgan fingerprint density at radius 2 is 1.95 bits per heavy atom. The van der Waals surface area contributed by atoms with E-state index in [-0.39, 0.29) is 51.7 Å². The third-order valence-corrected chi connectivity index (χ3v) is 9.39. The van der Waals surface area contributed by atoms with Crippen molar-refractivity contribution < 1.29 is 37.1 Å². The standard InChI is InChI=1S/C26H27F2IN4O6Si/c1-37-17-6-5-14-11-32(23(34)20(14)21(17)28)12-26(19-10-16-18(39-19)9-15(27)22(29)30-16)24(35)33(25(36)31-26)13-38-7-8-40(2,3)4/h5-6,9-10H,7-8,11-13H2,1-4H3,(H,31,36)/t26-/m0/s1. The van der Waals surface area contributed by atoms with Gasteiger partial charge in [-0.15, -0.1) is 0 Å². The van der Waals surface area contributed by atoms with Crippen LogP contribution in [0.15, 0.2) is 28.7 Å². The molecule has 1 aromatic carbocycles. The molecule has 14 heteroatoms. The zero-order valence-corrected chi connectivity index (χ0v) is 25.4. The molecule has 2 aliphatic heterocycles. The molecule has 0 spiro atoms. The van der Waals surface area contributed by atoms with Crippen molar-refractivity contribution in [1.29, 1.82) is 0 Å². The van der Waals surface area contributed by atoms with Gasteiger partial charge in [0.15, 0.2) is 28.5 Å². The van der Waals surface area contributed by atoms with Gasteiger partial charge in [0.25, 0.3) is 11.8 Å². The van der Waals surface area contributed by atoms with Crippen molar-refractivity contribution >= 4 is 59.6 Å². The summed E-state index contributed by atoms with van der Waals surface area (Å²) in [6.45, 7) is 6.21. The zero-order valence-electron chi connectivity index (χ0n) is 22.3. The number of rotatable bonds is 9. The molecule has 2 aromatic heterocycles. The number of pyridine rings is 1. The van der Waals surface area contributed by atoms with Crippen LogP contribution >= 0.6 is 22.6 Å². The molecule has 1 saturated heterocycles. The second-order valence-corrected chi connectivity index (χ2v) is 17.6. The molecule has 1 N–H and O–H groups in total. The van der Waals surface area contributed by atoms with Gasteiger partial charge in [0.1, 0.15) is 21.7 Å². The van der Waals surface area contributed by atoms with Crippen molar-refractivity contribution in [2.75, 3.05) is 27.0 Å². The maximum atomic E-state index is 15.0. The number of urea groups is 1. The summed E-state index contributed by atoms with van der Waals surface area (Å²) in [6, 6.07) is 5.65. The maximum Gasteiger partial charge on any atom is 0.327 e. The molecule has 1 fully saturated rings. The van der Waals surface area contributed by atoms with Crippen LogP contribution in [0.25, 0.3) is 11.1 Å². The number of hydrogen-bond donors (Lipinski definition) is 1. The van der Waals surface area contributed by atoms with Crippen LogP contribution in [0.3, 0.4) is 0 Å². The Kier molecular flexibility index (Phi) is 7.37. The lowest BCUT2D eigenvalue weighted by Crippen LogP contribution is -2.52. The molecule has 212 valence electrons. The number of carbonyl (C=O) groups excluding carboxylic acids is 3. The first kappa shape index (κ1) is 28.4. The number of hydrogen-bond acceptors (Lipinski definition) is 7. The number of amides is 4. The van der Waals surface area contributed by atoms with Crippen LogP contribution in [0, 0.1) is 15.3 Å². The van der Waals surface area contributed by atoms with Crippen molar-refractivity contribution in [1.82, 2.24) is 20.1 Å². The Hall–Kier alpha value is -3.11. The number of nitrogens with zero attached hydrogens (tertiary/aromatic N) is 3. The van der Waals surface area contributed by atoms with E-state index in [9.17, 15) is 18.8 Å². The van der Waals surface area contributed by atoms with E-state index < -0.39 is 43.1 Å². The fraction of sp³-hybridized carbons (Fsp3) is 0.385. The van der Waals surface area contributed by atoms with Crippen LogP contribution < -0.4 is 10.1 Å². The van der Waals surface area contributed by atoms with E-state index in [1.807, 2.05) is 0 Å². The number of benzene rings is 1. The quantitative estimate of drug-likeness (QED) is 0.117. The number of furan rings is 1. The molecular weight excluding hydrogens is 657 g/mol. The summed E-state index contributed by atoms with van der Waals surface area (Å²) in [5.74, 6) is -2.94. The summed E-state index contributed by atoms with van der Waals surface area (Å²) in [6.07, 6.45) is 0. The molecule has 5 rings (SSSR count). The van der Waals surface area contributed by atoms with Gasteiger partial charge in [-0.25, -0.2) is 23.5 Å². The number of aromatic nitrogens is 1. The van der Waals surface area contributed by atoms with Crippen LogP contribution in [0.4, 0.5) is 13.6 Å². The van der Waals surface area contributed by atoms with Crippen LogP contribution in [0.2, 0.25) is 25.7 Å². The molecule has 10 nitrogen and oxygen atoms in total. The minimum Gasteiger partial charge on any atom is -0.494 e. The fourth-order valence-electron chi connectivity index (χ4n) is 4.73. The van der Waals surface area contributed by atoms with E-state index in [2.05, 4.69) is 29.9 Å². The molecule has 0 unspecified atom stereocenters. The second-order valence-electron chi connectivity index (χ2n) is 10.9. The van der Waals surface area contributed by atoms with E-state index in [0.29, 0.717) is 12.2 Å². The normalized spacial score (nSPS) is 19.1. The number of fused-ring (bicyclic) bond motifs is 2. The van der Waals surface area contributed by atoms with Crippen molar-refractivity contribution in [2.24, 2.45) is 0 Å². The fourth-order valence-corrected chi connectivity index (χ4v) is 5.90. The molecule has 3 aromatic rings. The molecule has 0 saturated carbocycles. The average molecular weight is 685 g/mol. The Labute approximate surface area is 243 Å². The predicted octanol–water partition coefficient (Wildman–Crippen LogP) is 4.43. The third kappa shape index (κ3) is 4.96. The Morgan fingerprint density at radius 1 is 1.20 bits per heavy atom. The lowest BCUT2D eigenvalue weighted by Gasteiger charge is -2.29. The Morgan fingerprint density at radius 3 is 2.65 bits per heavy atom. The molecule has 1 atom stereocenters. The lowest BCUT2D eigenvalue weighted by atomic mass is 9.95. The molecule has 0 aliphatic carbocycles. The first-order chi connectivity index (χ1) is 18.8. The summed E-state index contributed by atoms with van der Waals surface area (Å²) in [4.78, 5) is 46.8. The lowest BCUT2D eigenvalue weighted by molar-refractivity contribution is -0.136. The van der Waals surface area contributed by atoms with E-state index in [1.54, 1.807) is 28.7 Å². The molecule has 4 amide bonds. The van der Waals surface area contributed by atoms with Crippen LogP contribution in [0.5, 0.6) is 5.75 Å². The van der Waals surface area contributed by atoms with Crippen molar-refractivity contribution in [2.45, 2.75) is 37.8 Å². The van der Waals surface area contributed by atoms with E-state index in [4.69, 9.17) is 13.9 Å². The summed E-state index contributed by atoms with van der Waals surface area (Å²) < 4.78 is 45.9. The van der Waals surface area contributed by atoms with Crippen LogP contribution in [0.1, 0.15) is 21.7 Å². The highest BCUT2D eigenvalue weighted by atomic mass is 127. The molecule has 40 heavy (non-hydrogen) atoms.